The summed E-state index contributed by atoms with van der Waals surface area (Å²) in [4.78, 5) is 4.23. The third kappa shape index (κ3) is 0.826. The second-order valence-corrected chi connectivity index (χ2v) is 3.00. The van der Waals surface area contributed by atoms with Crippen molar-refractivity contribution in [2.24, 2.45) is 7.05 Å². The Morgan fingerprint density at radius 3 is 2.67 bits per heavy atom. The van der Waals surface area contributed by atoms with Gasteiger partial charge in [-0.1, -0.05) is 0 Å². The zero-order valence-electron chi connectivity index (χ0n) is 7.50. The maximum Gasteiger partial charge on any atom is 0.0715 e. The lowest BCUT2D eigenvalue weighted by Crippen LogP contribution is -1.89. The van der Waals surface area contributed by atoms with Crippen LogP contribution in [0.1, 0.15) is 11.4 Å². The number of fused-ring (bicyclic) bond motifs is 1. The van der Waals surface area contributed by atoms with Gasteiger partial charge in [-0.25, -0.2) is 0 Å². The van der Waals surface area contributed by atoms with Gasteiger partial charge in [0.1, 0.15) is 0 Å². The molecule has 0 atom stereocenters. The van der Waals surface area contributed by atoms with E-state index in [1.54, 1.807) is 0 Å². The lowest BCUT2D eigenvalue weighted by atomic mass is 10.2. The van der Waals surface area contributed by atoms with Gasteiger partial charge < -0.3 is 0 Å². The van der Waals surface area contributed by atoms with Crippen LogP contribution >= 0.6 is 0 Å². The molecule has 0 aliphatic carbocycles. The molecule has 0 radical (unpaired) electrons. The summed E-state index contributed by atoms with van der Waals surface area (Å²) in [5.74, 6) is 0. The number of hydrogen-bond donors (Lipinski definition) is 0. The molecule has 0 amide bonds. The molecule has 62 valence electrons. The fraction of sp³-hybridized carbons (Fsp3) is 0.333. The smallest absolute Gasteiger partial charge is 0.0715 e. The fourth-order valence-electron chi connectivity index (χ4n) is 1.60. The van der Waals surface area contributed by atoms with E-state index in [0.717, 1.165) is 16.9 Å². The second-order valence-electron chi connectivity index (χ2n) is 3.00. The number of aryl methyl sites for hydroxylation is 3. The van der Waals surface area contributed by atoms with Gasteiger partial charge in [-0.05, 0) is 19.9 Å². The third-order valence-electron chi connectivity index (χ3n) is 2.13. The Bertz CT molecular complexity index is 429. The normalized spacial score (nSPS) is 10.9. The molecule has 0 saturated heterocycles. The Hall–Kier alpha value is -1.38. The van der Waals surface area contributed by atoms with Gasteiger partial charge in [0.05, 0.1) is 11.2 Å². The van der Waals surface area contributed by atoms with Crippen LogP contribution in [0.5, 0.6) is 0 Å². The number of nitrogens with zero attached hydrogens (tertiary/aromatic N) is 3. The van der Waals surface area contributed by atoms with Crippen molar-refractivity contribution in [2.45, 2.75) is 13.8 Å². The molecule has 2 aromatic rings. The molecule has 3 nitrogen and oxygen atoms in total. The predicted octanol–water partition coefficient (Wildman–Crippen LogP) is 1.59. The van der Waals surface area contributed by atoms with Crippen molar-refractivity contribution >= 4 is 10.9 Å². The minimum Gasteiger partial charge on any atom is -0.268 e. The zero-order chi connectivity index (χ0) is 8.72. The van der Waals surface area contributed by atoms with Crippen LogP contribution in [0.2, 0.25) is 0 Å². The van der Waals surface area contributed by atoms with E-state index >= 15 is 0 Å². The van der Waals surface area contributed by atoms with E-state index in [1.165, 1.54) is 5.39 Å². The molecule has 0 unspecified atom stereocenters. The molecule has 2 heterocycles. The average molecular weight is 161 g/mol. The Morgan fingerprint density at radius 2 is 2.00 bits per heavy atom. The van der Waals surface area contributed by atoms with Gasteiger partial charge >= 0.3 is 0 Å². The molecule has 0 aliphatic rings. The van der Waals surface area contributed by atoms with E-state index in [-0.39, 0.29) is 0 Å². The molecule has 0 spiro atoms. The van der Waals surface area contributed by atoms with Crippen molar-refractivity contribution in [1.29, 1.82) is 0 Å². The molecular formula is C9H11N3. The lowest BCUT2D eigenvalue weighted by Gasteiger charge is -1.95. The van der Waals surface area contributed by atoms with Crippen LogP contribution in [0, 0.1) is 13.8 Å². The first kappa shape index (κ1) is 7.28. The fourth-order valence-corrected chi connectivity index (χ4v) is 1.60. The van der Waals surface area contributed by atoms with Crippen molar-refractivity contribution in [3.8, 4) is 0 Å². The van der Waals surface area contributed by atoms with Crippen LogP contribution in [0.15, 0.2) is 12.3 Å². The zero-order valence-corrected chi connectivity index (χ0v) is 7.50. The van der Waals surface area contributed by atoms with Gasteiger partial charge in [0, 0.05) is 24.3 Å². The molecule has 2 rings (SSSR count). The summed E-state index contributed by atoms with van der Waals surface area (Å²) in [5, 5.41) is 5.51. The highest BCUT2D eigenvalue weighted by Crippen LogP contribution is 2.18. The molecule has 0 fully saturated rings. The molecule has 0 aliphatic heterocycles. The summed E-state index contributed by atoms with van der Waals surface area (Å²) >= 11 is 0. The molecule has 3 heteroatoms. The lowest BCUT2D eigenvalue weighted by molar-refractivity contribution is 0.783. The van der Waals surface area contributed by atoms with Crippen molar-refractivity contribution in [3.63, 3.8) is 0 Å². The highest BCUT2D eigenvalue weighted by Gasteiger charge is 2.06. The molecule has 0 N–H and O–H groups in total. The summed E-state index contributed by atoms with van der Waals surface area (Å²) in [6.07, 6.45) is 1.82. The van der Waals surface area contributed by atoms with E-state index in [9.17, 15) is 0 Å². The first-order valence-electron chi connectivity index (χ1n) is 3.95. The van der Waals surface area contributed by atoms with E-state index in [4.69, 9.17) is 0 Å². The Morgan fingerprint density at radius 1 is 1.25 bits per heavy atom. The van der Waals surface area contributed by atoms with Gasteiger partial charge in [-0.3, -0.25) is 9.67 Å². The molecule has 2 aromatic heterocycles. The summed E-state index contributed by atoms with van der Waals surface area (Å²) in [6.45, 7) is 4.02. The van der Waals surface area contributed by atoms with Gasteiger partial charge in [0.25, 0.3) is 0 Å². The Balaban J connectivity index is 2.99. The van der Waals surface area contributed by atoms with E-state index < -0.39 is 0 Å². The maximum atomic E-state index is 4.33. The van der Waals surface area contributed by atoms with Crippen molar-refractivity contribution in [2.75, 3.05) is 0 Å². The Labute approximate surface area is 71.0 Å². The van der Waals surface area contributed by atoms with E-state index in [0.29, 0.717) is 0 Å². The minimum atomic E-state index is 1.05. The first-order valence-corrected chi connectivity index (χ1v) is 3.95. The maximum absolute atomic E-state index is 4.33. The molecule has 12 heavy (non-hydrogen) atoms. The number of hydrogen-bond acceptors (Lipinski definition) is 2. The largest absolute Gasteiger partial charge is 0.268 e. The van der Waals surface area contributed by atoms with Crippen LogP contribution in [-0.2, 0) is 7.05 Å². The van der Waals surface area contributed by atoms with Crippen molar-refractivity contribution < 1.29 is 0 Å². The number of rotatable bonds is 0. The van der Waals surface area contributed by atoms with Gasteiger partial charge in [0.2, 0.25) is 0 Å². The van der Waals surface area contributed by atoms with Gasteiger partial charge in [0.15, 0.2) is 0 Å². The quantitative estimate of drug-likeness (QED) is 0.587. The monoisotopic (exact) mass is 161 g/mol. The van der Waals surface area contributed by atoms with Gasteiger partial charge in [-0.2, -0.15) is 5.10 Å². The summed E-state index contributed by atoms with van der Waals surface area (Å²) in [7, 11) is 1.95. The van der Waals surface area contributed by atoms with Crippen molar-refractivity contribution in [1.82, 2.24) is 14.8 Å². The Kier molecular flexibility index (Phi) is 1.40. The highest BCUT2D eigenvalue weighted by atomic mass is 15.3. The second kappa shape index (κ2) is 2.30. The topological polar surface area (TPSA) is 30.7 Å². The van der Waals surface area contributed by atoms with Crippen LogP contribution < -0.4 is 0 Å². The first-order chi connectivity index (χ1) is 5.70. The summed E-state index contributed by atoms with van der Waals surface area (Å²) in [6, 6.07) is 1.99. The number of aromatic nitrogens is 3. The SMILES string of the molecule is Cc1nccc2c1c(C)nn2C. The molecule has 0 saturated carbocycles. The molecule has 0 bridgehead atoms. The van der Waals surface area contributed by atoms with Crippen LogP contribution in [0.3, 0.4) is 0 Å². The summed E-state index contributed by atoms with van der Waals surface area (Å²) in [5.41, 5.74) is 3.26. The van der Waals surface area contributed by atoms with Gasteiger partial charge in [-0.15, -0.1) is 0 Å². The summed E-state index contributed by atoms with van der Waals surface area (Å²) < 4.78 is 1.89. The standard InChI is InChI=1S/C9H11N3/c1-6-9-7(2)11-12(3)8(9)4-5-10-6/h4-5H,1-3H3. The predicted molar refractivity (Wildman–Crippen MR) is 48.0 cm³/mol. The molecular weight excluding hydrogens is 150 g/mol. The van der Waals surface area contributed by atoms with E-state index in [1.807, 2.05) is 37.8 Å². The van der Waals surface area contributed by atoms with E-state index in [2.05, 4.69) is 10.1 Å². The third-order valence-corrected chi connectivity index (χ3v) is 2.13. The molecule has 0 aromatic carbocycles. The average Bonchev–Trinajstić information content (AvgIpc) is 2.29. The van der Waals surface area contributed by atoms with Crippen LogP contribution in [0.25, 0.3) is 10.9 Å². The number of pyridine rings is 1. The van der Waals surface area contributed by atoms with Crippen LogP contribution in [-0.4, -0.2) is 14.8 Å². The van der Waals surface area contributed by atoms with Crippen LogP contribution in [0.4, 0.5) is 0 Å². The minimum absolute atomic E-state index is 1.05. The van der Waals surface area contributed by atoms with Crippen molar-refractivity contribution in [3.05, 3.63) is 23.7 Å². The highest BCUT2D eigenvalue weighted by molar-refractivity contribution is 5.83.